The normalized spacial score (nSPS) is 19.3. The Bertz CT molecular complexity index is 317. The summed E-state index contributed by atoms with van der Waals surface area (Å²) in [4.78, 5) is 12.5. The molecular weight excluding hydrogens is 270 g/mol. The second-order valence-electron chi connectivity index (χ2n) is 6.05. The minimum atomic E-state index is -0.718. The third kappa shape index (κ3) is 5.57. The number of rotatable bonds is 11. The summed E-state index contributed by atoms with van der Waals surface area (Å²) >= 11 is 0. The van der Waals surface area contributed by atoms with Crippen LogP contribution >= 0.6 is 0 Å². The molecule has 1 aliphatic carbocycles. The lowest BCUT2D eigenvalue weighted by Gasteiger charge is -2.35. The predicted molar refractivity (Wildman–Crippen MR) is 82.3 cm³/mol. The molecule has 1 aliphatic rings. The average molecular weight is 301 g/mol. The monoisotopic (exact) mass is 301 g/mol. The van der Waals surface area contributed by atoms with Crippen LogP contribution in [0.2, 0.25) is 0 Å². The van der Waals surface area contributed by atoms with Gasteiger partial charge in [-0.2, -0.15) is 0 Å². The number of nitrogens with one attached hydrogen (secondary N) is 1. The van der Waals surface area contributed by atoms with E-state index in [1.165, 1.54) is 0 Å². The minimum Gasteiger partial charge on any atom is -0.465 e. The Morgan fingerprint density at radius 2 is 1.90 bits per heavy atom. The number of carbonyl (C=O) groups excluding carboxylic acids is 1. The van der Waals surface area contributed by atoms with Gasteiger partial charge in [-0.15, -0.1) is 0 Å². The third-order valence-corrected chi connectivity index (χ3v) is 3.61. The van der Waals surface area contributed by atoms with Crippen LogP contribution in [-0.2, 0) is 19.0 Å². The van der Waals surface area contributed by atoms with Crippen LogP contribution in [0.3, 0.4) is 0 Å². The van der Waals surface area contributed by atoms with Crippen LogP contribution in [-0.4, -0.2) is 50.1 Å². The molecule has 0 aromatic carbocycles. The lowest BCUT2D eigenvalue weighted by molar-refractivity contribution is -0.158. The van der Waals surface area contributed by atoms with E-state index in [0.717, 1.165) is 12.8 Å². The van der Waals surface area contributed by atoms with Gasteiger partial charge >= 0.3 is 5.97 Å². The quantitative estimate of drug-likeness (QED) is 0.593. The summed E-state index contributed by atoms with van der Waals surface area (Å²) in [6.07, 6.45) is 2.05. The van der Waals surface area contributed by atoms with E-state index in [1.807, 2.05) is 34.6 Å². The van der Waals surface area contributed by atoms with Crippen LogP contribution in [0.5, 0.6) is 0 Å². The highest BCUT2D eigenvalue weighted by atomic mass is 16.5. The molecule has 21 heavy (non-hydrogen) atoms. The molecule has 0 spiro atoms. The molecule has 124 valence electrons. The Morgan fingerprint density at radius 3 is 2.38 bits per heavy atom. The molecule has 0 radical (unpaired) electrons. The van der Waals surface area contributed by atoms with Crippen molar-refractivity contribution in [1.82, 2.24) is 5.32 Å². The fourth-order valence-electron chi connectivity index (χ4n) is 2.52. The molecule has 0 bridgehead atoms. The number of ether oxygens (including phenoxy) is 3. The summed E-state index contributed by atoms with van der Waals surface area (Å²) in [6.45, 7) is 11.8. The van der Waals surface area contributed by atoms with Gasteiger partial charge in [-0.05, 0) is 53.4 Å². The van der Waals surface area contributed by atoms with Crippen LogP contribution in [0.15, 0.2) is 0 Å². The van der Waals surface area contributed by atoms with Gasteiger partial charge in [-0.25, -0.2) is 4.79 Å². The van der Waals surface area contributed by atoms with Gasteiger partial charge in [0.2, 0.25) is 0 Å². The maximum Gasteiger partial charge on any atom is 0.329 e. The van der Waals surface area contributed by atoms with Gasteiger partial charge in [-0.3, -0.25) is 5.32 Å². The van der Waals surface area contributed by atoms with E-state index in [4.69, 9.17) is 14.2 Å². The molecule has 0 aromatic heterocycles. The first kappa shape index (κ1) is 18.4. The minimum absolute atomic E-state index is 0.0357. The number of hydrogen-bond donors (Lipinski definition) is 1. The topological polar surface area (TPSA) is 56.8 Å². The Kier molecular flexibility index (Phi) is 7.63. The maximum absolute atomic E-state index is 12.5. The summed E-state index contributed by atoms with van der Waals surface area (Å²) in [7, 11) is 0. The second kappa shape index (κ2) is 8.71. The SMILES string of the molecule is CCOCC(C)OCC(NC(C)C)(C(=O)OCC)C1CC1. The van der Waals surface area contributed by atoms with Crippen molar-refractivity contribution in [2.75, 3.05) is 26.4 Å². The molecule has 1 saturated carbocycles. The van der Waals surface area contributed by atoms with Crippen LogP contribution in [0.4, 0.5) is 0 Å². The molecule has 0 aliphatic heterocycles. The van der Waals surface area contributed by atoms with Crippen LogP contribution in [0.1, 0.15) is 47.5 Å². The van der Waals surface area contributed by atoms with Crippen LogP contribution < -0.4 is 5.32 Å². The lowest BCUT2D eigenvalue weighted by Crippen LogP contribution is -2.60. The fourth-order valence-corrected chi connectivity index (χ4v) is 2.52. The first-order valence-electron chi connectivity index (χ1n) is 8.10. The molecule has 0 saturated heterocycles. The van der Waals surface area contributed by atoms with Crippen molar-refractivity contribution in [2.24, 2.45) is 5.92 Å². The van der Waals surface area contributed by atoms with Crippen molar-refractivity contribution in [2.45, 2.75) is 65.1 Å². The highest BCUT2D eigenvalue weighted by Gasteiger charge is 2.52. The van der Waals surface area contributed by atoms with Crippen molar-refractivity contribution in [3.8, 4) is 0 Å². The van der Waals surface area contributed by atoms with Crippen molar-refractivity contribution in [1.29, 1.82) is 0 Å². The lowest BCUT2D eigenvalue weighted by atomic mass is 9.93. The van der Waals surface area contributed by atoms with E-state index >= 15 is 0 Å². The largest absolute Gasteiger partial charge is 0.465 e. The standard InChI is InChI=1S/C16H31NO4/c1-6-19-10-13(5)21-11-16(14-8-9-14,17-12(3)4)15(18)20-7-2/h12-14,17H,6-11H2,1-5H3. The number of carbonyl (C=O) groups is 1. The molecule has 1 N–H and O–H groups in total. The molecule has 1 fully saturated rings. The smallest absolute Gasteiger partial charge is 0.329 e. The molecule has 1 rings (SSSR count). The van der Waals surface area contributed by atoms with Crippen molar-refractivity contribution >= 4 is 5.97 Å². The van der Waals surface area contributed by atoms with Crippen LogP contribution in [0.25, 0.3) is 0 Å². The van der Waals surface area contributed by atoms with Gasteiger partial charge in [0.25, 0.3) is 0 Å². The van der Waals surface area contributed by atoms with Crippen molar-refractivity contribution in [3.05, 3.63) is 0 Å². The third-order valence-electron chi connectivity index (χ3n) is 3.61. The zero-order chi connectivity index (χ0) is 15.9. The first-order valence-corrected chi connectivity index (χ1v) is 8.10. The molecular formula is C16H31NO4. The van der Waals surface area contributed by atoms with Crippen molar-refractivity contribution < 1.29 is 19.0 Å². The van der Waals surface area contributed by atoms with E-state index in [1.54, 1.807) is 0 Å². The molecule has 0 amide bonds. The van der Waals surface area contributed by atoms with E-state index in [2.05, 4.69) is 5.32 Å². The molecule has 2 atom stereocenters. The Morgan fingerprint density at radius 1 is 1.24 bits per heavy atom. The molecule has 5 heteroatoms. The van der Waals surface area contributed by atoms with Gasteiger partial charge in [0.15, 0.2) is 0 Å². The Hall–Kier alpha value is -0.650. The summed E-state index contributed by atoms with van der Waals surface area (Å²) in [5.41, 5.74) is -0.718. The van der Waals surface area contributed by atoms with E-state index in [0.29, 0.717) is 32.3 Å². The second-order valence-corrected chi connectivity index (χ2v) is 6.05. The molecule has 2 unspecified atom stereocenters. The zero-order valence-corrected chi connectivity index (χ0v) is 14.1. The summed E-state index contributed by atoms with van der Waals surface area (Å²) < 4.78 is 16.6. The van der Waals surface area contributed by atoms with E-state index in [9.17, 15) is 4.79 Å². The van der Waals surface area contributed by atoms with Gasteiger partial charge in [0.1, 0.15) is 5.54 Å². The van der Waals surface area contributed by atoms with Gasteiger partial charge in [0, 0.05) is 12.6 Å². The number of hydrogen-bond acceptors (Lipinski definition) is 5. The highest BCUT2D eigenvalue weighted by Crippen LogP contribution is 2.41. The van der Waals surface area contributed by atoms with E-state index < -0.39 is 5.54 Å². The summed E-state index contributed by atoms with van der Waals surface area (Å²) in [6, 6.07) is 0.195. The molecule has 5 nitrogen and oxygen atoms in total. The Balaban J connectivity index is 2.72. The highest BCUT2D eigenvalue weighted by molar-refractivity contribution is 5.82. The van der Waals surface area contributed by atoms with Gasteiger partial charge in [0.05, 0.1) is 25.9 Å². The number of esters is 1. The summed E-state index contributed by atoms with van der Waals surface area (Å²) in [5, 5.41) is 3.41. The predicted octanol–water partition coefficient (Wildman–Crippen LogP) is 2.14. The Labute approximate surface area is 128 Å². The summed E-state index contributed by atoms with van der Waals surface area (Å²) in [5.74, 6) is 0.114. The fraction of sp³-hybridized carbons (Fsp3) is 0.938. The van der Waals surface area contributed by atoms with Crippen LogP contribution in [0, 0.1) is 5.92 Å². The van der Waals surface area contributed by atoms with Crippen molar-refractivity contribution in [3.63, 3.8) is 0 Å². The van der Waals surface area contributed by atoms with Gasteiger partial charge in [-0.1, -0.05) is 0 Å². The van der Waals surface area contributed by atoms with E-state index in [-0.39, 0.29) is 18.1 Å². The zero-order valence-electron chi connectivity index (χ0n) is 14.1. The maximum atomic E-state index is 12.5. The molecule has 0 aromatic rings. The molecule has 0 heterocycles. The first-order chi connectivity index (χ1) is 9.96. The van der Waals surface area contributed by atoms with Gasteiger partial charge < -0.3 is 14.2 Å². The average Bonchev–Trinajstić information content (AvgIpc) is 3.25.